The van der Waals surface area contributed by atoms with Crippen LogP contribution >= 0.6 is 12.2 Å². The van der Waals surface area contributed by atoms with Crippen LogP contribution in [0.15, 0.2) is 65.7 Å². The van der Waals surface area contributed by atoms with Gasteiger partial charge in [0.05, 0.1) is 18.4 Å². The van der Waals surface area contributed by atoms with E-state index in [1.807, 2.05) is 0 Å². The van der Waals surface area contributed by atoms with Crippen LogP contribution in [0.25, 0.3) is 0 Å². The molecule has 206 valence electrons. The Morgan fingerprint density at radius 1 is 0.868 bits per heavy atom. The second-order valence-electron chi connectivity index (χ2n) is 11.6. The van der Waals surface area contributed by atoms with Crippen molar-refractivity contribution in [2.75, 3.05) is 26.2 Å². The van der Waals surface area contributed by atoms with E-state index in [9.17, 15) is 0 Å². The summed E-state index contributed by atoms with van der Waals surface area (Å²) in [6.07, 6.45) is 12.1. The van der Waals surface area contributed by atoms with Gasteiger partial charge in [-0.15, -0.1) is 0 Å². The van der Waals surface area contributed by atoms with Crippen LogP contribution in [-0.2, 0) is 6.42 Å². The maximum atomic E-state index is 6.02. The van der Waals surface area contributed by atoms with Gasteiger partial charge in [-0.25, -0.2) is 0 Å². The molecule has 4 nitrogen and oxygen atoms in total. The zero-order chi connectivity index (χ0) is 26.6. The lowest BCUT2D eigenvalue weighted by Gasteiger charge is -2.26. The minimum atomic E-state index is 0.386. The molecule has 0 amide bonds. The lowest BCUT2D eigenvalue weighted by Crippen LogP contribution is -2.34. The fourth-order valence-corrected chi connectivity index (χ4v) is 6.14. The number of benzene rings is 2. The molecule has 2 aliphatic heterocycles. The summed E-state index contributed by atoms with van der Waals surface area (Å²) in [7, 11) is 0. The van der Waals surface area contributed by atoms with E-state index in [1.54, 1.807) is 0 Å². The first kappa shape index (κ1) is 28.6. The number of unbranched alkanes of at least 4 members (excludes halogenated alkanes) is 3. The average Bonchev–Trinajstić information content (AvgIpc) is 3.52. The Bertz CT molecular complexity index is 991. The van der Waals surface area contributed by atoms with Crippen molar-refractivity contribution < 1.29 is 0 Å². The maximum absolute atomic E-state index is 6.02. The Labute approximate surface area is 236 Å². The third-order valence-electron chi connectivity index (χ3n) is 7.98. The Balaban J connectivity index is 1.14. The van der Waals surface area contributed by atoms with Crippen molar-refractivity contribution in [3.63, 3.8) is 0 Å². The SMILES string of the molecule is CC(C)CCCCN1C(=S)N(CCCC[C@H]2CN=C(CCCCc3ccccc3)N2)C[C@H]1c1ccccc1. The molecule has 0 aromatic heterocycles. The number of aliphatic imine (C=N–C) groups is 1. The first-order valence-electron chi connectivity index (χ1n) is 15.0. The molecule has 1 saturated heterocycles. The predicted molar refractivity (Wildman–Crippen MR) is 166 cm³/mol. The van der Waals surface area contributed by atoms with Crippen LogP contribution in [0.2, 0.25) is 0 Å². The molecular formula is C33H48N4S. The first-order valence-corrected chi connectivity index (χ1v) is 15.4. The number of amidine groups is 1. The van der Waals surface area contributed by atoms with Gasteiger partial charge in [0.2, 0.25) is 0 Å². The van der Waals surface area contributed by atoms with Crippen molar-refractivity contribution in [3.8, 4) is 0 Å². The molecule has 2 atom stereocenters. The molecule has 1 fully saturated rings. The average molecular weight is 533 g/mol. The molecule has 0 unspecified atom stereocenters. The lowest BCUT2D eigenvalue weighted by molar-refractivity contribution is 0.337. The van der Waals surface area contributed by atoms with Crippen molar-refractivity contribution in [2.24, 2.45) is 10.9 Å². The lowest BCUT2D eigenvalue weighted by atomic mass is 10.0. The van der Waals surface area contributed by atoms with E-state index in [0.29, 0.717) is 12.1 Å². The van der Waals surface area contributed by atoms with Crippen molar-refractivity contribution in [1.82, 2.24) is 15.1 Å². The zero-order valence-corrected chi connectivity index (χ0v) is 24.5. The van der Waals surface area contributed by atoms with Gasteiger partial charge < -0.3 is 15.1 Å². The number of aryl methyl sites for hydroxylation is 1. The number of hydrogen-bond donors (Lipinski definition) is 1. The number of nitrogens with one attached hydrogen (secondary N) is 1. The van der Waals surface area contributed by atoms with Crippen LogP contribution in [-0.4, -0.2) is 53.0 Å². The Morgan fingerprint density at radius 2 is 1.58 bits per heavy atom. The van der Waals surface area contributed by atoms with Gasteiger partial charge in [-0.05, 0) is 74.2 Å². The number of hydrogen-bond acceptors (Lipinski definition) is 3. The number of rotatable bonds is 16. The predicted octanol–water partition coefficient (Wildman–Crippen LogP) is 7.41. The molecule has 4 rings (SSSR count). The number of nitrogens with zero attached hydrogens (tertiary/aromatic N) is 3. The van der Waals surface area contributed by atoms with Gasteiger partial charge in [0, 0.05) is 32.1 Å². The van der Waals surface area contributed by atoms with Crippen LogP contribution in [0.1, 0.15) is 88.8 Å². The molecule has 0 bridgehead atoms. The van der Waals surface area contributed by atoms with E-state index < -0.39 is 0 Å². The molecule has 1 N–H and O–H groups in total. The van der Waals surface area contributed by atoms with Gasteiger partial charge in [-0.2, -0.15) is 0 Å². The van der Waals surface area contributed by atoms with E-state index in [1.165, 1.54) is 68.3 Å². The quantitative estimate of drug-likeness (QED) is 0.180. The van der Waals surface area contributed by atoms with Gasteiger partial charge >= 0.3 is 0 Å². The van der Waals surface area contributed by atoms with Crippen LogP contribution in [0.3, 0.4) is 0 Å². The monoisotopic (exact) mass is 532 g/mol. The van der Waals surface area contributed by atoms with E-state index in [-0.39, 0.29) is 0 Å². The summed E-state index contributed by atoms with van der Waals surface area (Å²) in [6, 6.07) is 22.7. The molecular weight excluding hydrogens is 484 g/mol. The van der Waals surface area contributed by atoms with Crippen LogP contribution in [0.4, 0.5) is 0 Å². The van der Waals surface area contributed by atoms with Crippen molar-refractivity contribution in [2.45, 2.75) is 90.1 Å². The van der Waals surface area contributed by atoms with Crippen LogP contribution in [0, 0.1) is 5.92 Å². The minimum Gasteiger partial charge on any atom is -0.369 e. The smallest absolute Gasteiger partial charge is 0.172 e. The normalized spacial score (nSPS) is 19.3. The Hall–Kier alpha value is -2.40. The fourth-order valence-electron chi connectivity index (χ4n) is 5.76. The second kappa shape index (κ2) is 15.3. The Kier molecular flexibility index (Phi) is 11.5. The molecule has 2 aromatic rings. The van der Waals surface area contributed by atoms with Crippen molar-refractivity contribution in [1.29, 1.82) is 0 Å². The molecule has 2 aliphatic rings. The summed E-state index contributed by atoms with van der Waals surface area (Å²) < 4.78 is 0. The third-order valence-corrected chi connectivity index (χ3v) is 8.47. The largest absolute Gasteiger partial charge is 0.369 e. The van der Waals surface area contributed by atoms with Gasteiger partial charge in [-0.1, -0.05) is 87.4 Å². The standard InChI is InChI=1S/C33H48N4S/c1-27(2)15-11-14-24-37-31(29-19-7-4-8-20-29)26-36(33(37)38)23-13-12-21-30-25-34-32(35-30)22-10-9-18-28-16-5-3-6-17-28/h3-8,16-17,19-20,27,30-31H,9-15,18,21-26H2,1-2H3,(H,34,35)/t30-,31-/m0/s1. The van der Waals surface area contributed by atoms with Crippen molar-refractivity contribution in [3.05, 3.63) is 71.8 Å². The third kappa shape index (κ3) is 8.83. The van der Waals surface area contributed by atoms with Gasteiger partial charge in [0.15, 0.2) is 5.11 Å². The van der Waals surface area contributed by atoms with Gasteiger partial charge in [-0.3, -0.25) is 4.99 Å². The summed E-state index contributed by atoms with van der Waals surface area (Å²) in [6.45, 7) is 8.72. The topological polar surface area (TPSA) is 30.9 Å². The summed E-state index contributed by atoms with van der Waals surface area (Å²) in [5.74, 6) is 2.00. The number of thiocarbonyl (C=S) groups is 1. The van der Waals surface area contributed by atoms with Crippen LogP contribution < -0.4 is 5.32 Å². The molecule has 0 radical (unpaired) electrons. The molecule has 5 heteroatoms. The van der Waals surface area contributed by atoms with Gasteiger partial charge in [0.1, 0.15) is 0 Å². The molecule has 38 heavy (non-hydrogen) atoms. The maximum Gasteiger partial charge on any atom is 0.172 e. The molecule has 2 heterocycles. The molecule has 2 aromatic carbocycles. The van der Waals surface area contributed by atoms with Crippen molar-refractivity contribution >= 4 is 23.2 Å². The van der Waals surface area contributed by atoms with E-state index in [2.05, 4.69) is 89.6 Å². The minimum absolute atomic E-state index is 0.386. The van der Waals surface area contributed by atoms with Gasteiger partial charge in [0.25, 0.3) is 0 Å². The van der Waals surface area contributed by atoms with E-state index in [4.69, 9.17) is 17.2 Å². The van der Waals surface area contributed by atoms with E-state index in [0.717, 1.165) is 50.1 Å². The summed E-state index contributed by atoms with van der Waals surface area (Å²) >= 11 is 6.02. The van der Waals surface area contributed by atoms with Crippen LogP contribution in [0.5, 0.6) is 0 Å². The summed E-state index contributed by atoms with van der Waals surface area (Å²) in [5.41, 5.74) is 2.83. The highest BCUT2D eigenvalue weighted by Crippen LogP contribution is 2.30. The summed E-state index contributed by atoms with van der Waals surface area (Å²) in [4.78, 5) is 9.76. The first-order chi connectivity index (χ1) is 18.6. The highest BCUT2D eigenvalue weighted by Gasteiger charge is 2.34. The molecule has 0 aliphatic carbocycles. The fraction of sp³-hybridized carbons (Fsp3) is 0.576. The second-order valence-corrected chi connectivity index (χ2v) is 11.9. The highest BCUT2D eigenvalue weighted by molar-refractivity contribution is 7.80. The Morgan fingerprint density at radius 3 is 2.34 bits per heavy atom. The van der Waals surface area contributed by atoms with E-state index >= 15 is 0 Å². The molecule has 0 saturated carbocycles. The summed E-state index contributed by atoms with van der Waals surface area (Å²) in [5, 5.41) is 4.76. The zero-order valence-electron chi connectivity index (χ0n) is 23.7. The highest BCUT2D eigenvalue weighted by atomic mass is 32.1. The molecule has 0 spiro atoms.